The van der Waals surface area contributed by atoms with Crippen molar-refractivity contribution < 1.29 is 39.9 Å². The number of hydrogen-bond donors (Lipinski definition) is 1. The van der Waals surface area contributed by atoms with E-state index in [2.05, 4.69) is 10.1 Å². The van der Waals surface area contributed by atoms with Crippen molar-refractivity contribution in [3.8, 4) is 16.9 Å². The van der Waals surface area contributed by atoms with Gasteiger partial charge < -0.3 is 10.1 Å². The van der Waals surface area contributed by atoms with Gasteiger partial charge in [-0.05, 0) is 37.1 Å². The van der Waals surface area contributed by atoms with E-state index in [4.69, 9.17) is 0 Å². The molecule has 3 rings (SSSR count). The molecule has 5 nitrogen and oxygen atoms in total. The van der Waals surface area contributed by atoms with E-state index < -0.39 is 55.4 Å². The number of nitrogens with one attached hydrogen (secondary N) is 1. The van der Waals surface area contributed by atoms with Crippen molar-refractivity contribution in [3.63, 3.8) is 0 Å². The number of benzene rings is 2. The first kappa shape index (κ1) is 26.4. The van der Waals surface area contributed by atoms with Crippen LogP contribution in [-0.4, -0.2) is 31.2 Å². The molecule has 0 saturated carbocycles. The van der Waals surface area contributed by atoms with Crippen molar-refractivity contribution >= 4 is 21.4 Å². The van der Waals surface area contributed by atoms with E-state index in [1.807, 2.05) is 0 Å². The van der Waals surface area contributed by atoms with Gasteiger partial charge in [-0.1, -0.05) is 43.4 Å². The number of hydrogen-bond acceptors (Lipinski definition) is 4. The zero-order valence-electron chi connectivity index (χ0n) is 18.7. The molecule has 1 aliphatic rings. The van der Waals surface area contributed by atoms with Gasteiger partial charge in [0.05, 0.1) is 16.7 Å². The molecule has 1 atom stereocenters. The number of halogens is 5. The molecular formula is C24H22F5NO4S. The van der Waals surface area contributed by atoms with Crippen molar-refractivity contribution in [2.75, 3.05) is 11.1 Å². The molecule has 0 spiro atoms. The highest BCUT2D eigenvalue weighted by atomic mass is 32.2. The van der Waals surface area contributed by atoms with Gasteiger partial charge in [0.2, 0.25) is 5.91 Å². The third kappa shape index (κ3) is 6.08. The molecule has 0 saturated heterocycles. The van der Waals surface area contributed by atoms with Gasteiger partial charge in [-0.3, -0.25) is 4.79 Å². The molecule has 0 fully saturated rings. The summed E-state index contributed by atoms with van der Waals surface area (Å²) in [6.45, 7) is 3.13. The Morgan fingerprint density at radius 3 is 2.31 bits per heavy atom. The minimum Gasteiger partial charge on any atom is -0.405 e. The Morgan fingerprint density at radius 1 is 1.14 bits per heavy atom. The number of ether oxygens (including phenoxy) is 1. The van der Waals surface area contributed by atoms with Crippen LogP contribution < -0.4 is 10.1 Å². The van der Waals surface area contributed by atoms with Crippen molar-refractivity contribution in [2.24, 2.45) is 0 Å². The number of allylic oxidation sites excluding steroid dienone is 2. The van der Waals surface area contributed by atoms with E-state index in [0.29, 0.717) is 5.57 Å². The Morgan fingerprint density at radius 2 is 1.77 bits per heavy atom. The standard InChI is InChI=1S/C24H22F5NO4S/c1-3-35(32,33)23(2)10-8-15(9-11-23)12-21(31)30-16-13-18(25)22(19(26)14-16)17-6-4-5-7-20(17)34-24(27,28)29/h4-10,13-14H,3,11-12H2,1-2H3,(H,30,31). The number of alkyl halides is 3. The van der Waals surface area contributed by atoms with E-state index in [9.17, 15) is 35.2 Å². The fraction of sp³-hybridized carbons (Fsp3) is 0.292. The molecule has 188 valence electrons. The molecule has 0 aliphatic heterocycles. The Hall–Kier alpha value is -3.21. The molecule has 0 aromatic heterocycles. The number of para-hydroxylation sites is 1. The number of rotatable bonds is 7. The van der Waals surface area contributed by atoms with Crippen LogP contribution in [0.1, 0.15) is 26.7 Å². The van der Waals surface area contributed by atoms with Crippen LogP contribution in [-0.2, 0) is 14.6 Å². The summed E-state index contributed by atoms with van der Waals surface area (Å²) in [7, 11) is -3.36. The fourth-order valence-electron chi connectivity index (χ4n) is 3.62. The summed E-state index contributed by atoms with van der Waals surface area (Å²) in [5.74, 6) is -3.82. The van der Waals surface area contributed by atoms with Gasteiger partial charge in [0, 0.05) is 17.0 Å². The first-order valence-corrected chi connectivity index (χ1v) is 12.1. The lowest BCUT2D eigenvalue weighted by Gasteiger charge is -2.27. The monoisotopic (exact) mass is 515 g/mol. The summed E-state index contributed by atoms with van der Waals surface area (Å²) < 4.78 is 94.7. The maximum absolute atomic E-state index is 14.7. The molecule has 0 radical (unpaired) electrons. The van der Waals surface area contributed by atoms with Gasteiger partial charge in [0.25, 0.3) is 0 Å². The fourth-order valence-corrected chi connectivity index (χ4v) is 4.90. The second-order valence-corrected chi connectivity index (χ2v) is 10.9. The van der Waals surface area contributed by atoms with Crippen LogP contribution in [0.4, 0.5) is 27.6 Å². The van der Waals surface area contributed by atoms with Gasteiger partial charge in [-0.2, -0.15) is 0 Å². The summed E-state index contributed by atoms with van der Waals surface area (Å²) in [6, 6.07) is 6.11. The van der Waals surface area contributed by atoms with Gasteiger partial charge in [-0.25, -0.2) is 17.2 Å². The van der Waals surface area contributed by atoms with Crippen LogP contribution in [0, 0.1) is 11.6 Å². The summed E-state index contributed by atoms with van der Waals surface area (Å²) in [5.41, 5.74) is -0.888. The highest BCUT2D eigenvalue weighted by Crippen LogP contribution is 2.37. The van der Waals surface area contributed by atoms with Crippen LogP contribution >= 0.6 is 0 Å². The van der Waals surface area contributed by atoms with Crippen molar-refractivity contribution in [2.45, 2.75) is 37.8 Å². The normalized spacial score (nSPS) is 18.2. The predicted octanol–water partition coefficient (Wildman–Crippen LogP) is 5.94. The SMILES string of the molecule is CCS(=O)(=O)C1(C)C=CC(CC(=O)Nc2cc(F)c(-c3ccccc3OC(F)(F)F)c(F)c2)=CC1. The number of amides is 1. The van der Waals surface area contributed by atoms with E-state index >= 15 is 0 Å². The highest BCUT2D eigenvalue weighted by Gasteiger charge is 2.36. The molecule has 1 amide bonds. The first-order valence-electron chi connectivity index (χ1n) is 10.5. The molecule has 1 N–H and O–H groups in total. The zero-order valence-corrected chi connectivity index (χ0v) is 19.6. The lowest BCUT2D eigenvalue weighted by atomic mass is 9.96. The molecule has 2 aromatic carbocycles. The lowest BCUT2D eigenvalue weighted by Crippen LogP contribution is -2.35. The molecule has 0 heterocycles. The van der Waals surface area contributed by atoms with Crippen molar-refractivity contribution in [3.05, 3.63) is 71.8 Å². The summed E-state index contributed by atoms with van der Waals surface area (Å²) >= 11 is 0. The van der Waals surface area contributed by atoms with Gasteiger partial charge >= 0.3 is 6.36 Å². The van der Waals surface area contributed by atoms with Crippen LogP contribution in [0.15, 0.2) is 60.2 Å². The Labute approximate surface area is 199 Å². The summed E-state index contributed by atoms with van der Waals surface area (Å²) in [6.07, 6.45) is -0.390. The van der Waals surface area contributed by atoms with Crippen LogP contribution in [0.3, 0.4) is 0 Å². The van der Waals surface area contributed by atoms with Crippen LogP contribution in [0.5, 0.6) is 5.75 Å². The molecule has 35 heavy (non-hydrogen) atoms. The molecule has 2 aromatic rings. The van der Waals surface area contributed by atoms with Crippen LogP contribution in [0.2, 0.25) is 0 Å². The smallest absolute Gasteiger partial charge is 0.405 e. The van der Waals surface area contributed by atoms with Gasteiger partial charge in [-0.15, -0.1) is 13.2 Å². The number of carbonyl (C=O) groups excluding carboxylic acids is 1. The highest BCUT2D eigenvalue weighted by molar-refractivity contribution is 7.92. The quantitative estimate of drug-likeness (QED) is 0.464. The van der Waals surface area contributed by atoms with E-state index in [-0.39, 0.29) is 24.3 Å². The minimum absolute atomic E-state index is 0.0303. The maximum Gasteiger partial charge on any atom is 0.573 e. The third-order valence-electron chi connectivity index (χ3n) is 5.58. The van der Waals surface area contributed by atoms with Crippen molar-refractivity contribution in [1.82, 2.24) is 0 Å². The Balaban J connectivity index is 1.76. The number of anilines is 1. The topological polar surface area (TPSA) is 72.5 Å². The first-order chi connectivity index (χ1) is 16.2. The van der Waals surface area contributed by atoms with Crippen LogP contribution in [0.25, 0.3) is 11.1 Å². The second kappa shape index (κ2) is 9.80. The minimum atomic E-state index is -5.06. The zero-order chi connectivity index (χ0) is 26.0. The maximum atomic E-state index is 14.7. The molecule has 1 unspecified atom stereocenters. The summed E-state index contributed by atoms with van der Waals surface area (Å²) in [5, 5.41) is 2.34. The number of carbonyl (C=O) groups is 1. The molecule has 11 heteroatoms. The van der Waals surface area contributed by atoms with Gasteiger partial charge in [0.1, 0.15) is 17.4 Å². The predicted molar refractivity (Wildman–Crippen MR) is 121 cm³/mol. The van der Waals surface area contributed by atoms with Crippen molar-refractivity contribution in [1.29, 1.82) is 0 Å². The molecular weight excluding hydrogens is 493 g/mol. The number of sulfone groups is 1. The van der Waals surface area contributed by atoms with E-state index in [1.54, 1.807) is 19.9 Å². The third-order valence-corrected chi connectivity index (χ3v) is 8.07. The average molecular weight is 516 g/mol. The molecule has 1 aliphatic carbocycles. The average Bonchev–Trinajstić information content (AvgIpc) is 2.75. The van der Waals surface area contributed by atoms with Gasteiger partial charge in [0.15, 0.2) is 9.84 Å². The van der Waals surface area contributed by atoms with E-state index in [1.165, 1.54) is 24.3 Å². The Kier molecular flexibility index (Phi) is 7.39. The lowest BCUT2D eigenvalue weighted by molar-refractivity contribution is -0.274. The largest absolute Gasteiger partial charge is 0.573 e. The van der Waals surface area contributed by atoms with E-state index in [0.717, 1.165) is 24.3 Å². The second-order valence-electron chi connectivity index (χ2n) is 8.12. The molecule has 0 bridgehead atoms. The Bertz CT molecular complexity index is 1280. The summed E-state index contributed by atoms with van der Waals surface area (Å²) in [4.78, 5) is 12.4.